The molecular formula is C23H34IN5O. The first-order valence-corrected chi connectivity index (χ1v) is 10.5. The Balaban J connectivity index is 0.00000320. The van der Waals surface area contributed by atoms with Gasteiger partial charge in [0.05, 0.1) is 25.4 Å². The zero-order valence-electron chi connectivity index (χ0n) is 18.2. The van der Waals surface area contributed by atoms with Gasteiger partial charge in [0.2, 0.25) is 0 Å². The van der Waals surface area contributed by atoms with Gasteiger partial charge in [-0.3, -0.25) is 9.88 Å². The Morgan fingerprint density at radius 3 is 2.70 bits per heavy atom. The molecule has 164 valence electrons. The number of nitrogens with zero attached hydrogens (tertiary/aromatic N) is 3. The van der Waals surface area contributed by atoms with E-state index in [9.17, 15) is 0 Å². The first-order valence-electron chi connectivity index (χ1n) is 10.5. The SMILES string of the molecule is CCNC(=NCc1ncccc1C)NCC(c1cccc(OC)c1)N1CCCC1.I. The van der Waals surface area contributed by atoms with Crippen molar-refractivity contribution in [2.45, 2.75) is 39.3 Å². The minimum Gasteiger partial charge on any atom is -0.497 e. The molecule has 0 amide bonds. The van der Waals surface area contributed by atoms with Crippen LogP contribution < -0.4 is 15.4 Å². The Kier molecular flexibility index (Phi) is 10.4. The lowest BCUT2D eigenvalue weighted by Crippen LogP contribution is -2.42. The van der Waals surface area contributed by atoms with Gasteiger partial charge in [0, 0.05) is 19.3 Å². The molecule has 1 saturated heterocycles. The molecule has 0 spiro atoms. The fourth-order valence-corrected chi connectivity index (χ4v) is 3.73. The number of guanidine groups is 1. The molecule has 0 saturated carbocycles. The Labute approximate surface area is 197 Å². The molecule has 1 fully saturated rings. The van der Waals surface area contributed by atoms with Crippen LogP contribution in [-0.2, 0) is 6.54 Å². The van der Waals surface area contributed by atoms with Crippen LogP contribution in [0.1, 0.15) is 42.6 Å². The Morgan fingerprint density at radius 2 is 2.00 bits per heavy atom. The Bertz CT molecular complexity index is 808. The van der Waals surface area contributed by atoms with Crippen LogP contribution in [0.5, 0.6) is 5.75 Å². The fraction of sp³-hybridized carbons (Fsp3) is 0.478. The van der Waals surface area contributed by atoms with E-state index in [1.54, 1.807) is 7.11 Å². The molecule has 3 rings (SSSR count). The van der Waals surface area contributed by atoms with Crippen LogP contribution in [0.15, 0.2) is 47.6 Å². The third kappa shape index (κ3) is 6.84. The summed E-state index contributed by atoms with van der Waals surface area (Å²) in [5, 5.41) is 6.91. The molecule has 2 aromatic rings. The normalized spacial score (nSPS) is 15.4. The third-order valence-corrected chi connectivity index (χ3v) is 5.37. The van der Waals surface area contributed by atoms with Gasteiger partial charge in [-0.1, -0.05) is 18.2 Å². The van der Waals surface area contributed by atoms with Crippen LogP contribution >= 0.6 is 24.0 Å². The Hall–Kier alpha value is -1.87. The summed E-state index contributed by atoms with van der Waals surface area (Å²) >= 11 is 0. The molecule has 0 radical (unpaired) electrons. The maximum Gasteiger partial charge on any atom is 0.191 e. The van der Waals surface area contributed by atoms with E-state index in [0.717, 1.165) is 43.6 Å². The van der Waals surface area contributed by atoms with Crippen molar-refractivity contribution in [2.24, 2.45) is 4.99 Å². The highest BCUT2D eigenvalue weighted by atomic mass is 127. The smallest absolute Gasteiger partial charge is 0.191 e. The number of methoxy groups -OCH3 is 1. The second kappa shape index (κ2) is 12.7. The molecule has 6 nitrogen and oxygen atoms in total. The standard InChI is InChI=1S/C23H33N5O.HI/c1-4-24-23(26-16-21-18(2)9-8-12-25-21)27-17-22(28-13-5-6-14-28)19-10-7-11-20(15-19)29-3;/h7-12,15,22H,4-6,13-14,16-17H2,1-3H3,(H2,24,26,27);1H. The van der Waals surface area contributed by atoms with E-state index in [1.165, 1.54) is 24.0 Å². The predicted molar refractivity (Wildman–Crippen MR) is 134 cm³/mol. The second-order valence-corrected chi connectivity index (χ2v) is 7.38. The third-order valence-electron chi connectivity index (χ3n) is 5.37. The van der Waals surface area contributed by atoms with Crippen LogP contribution in [0.25, 0.3) is 0 Å². The fourth-order valence-electron chi connectivity index (χ4n) is 3.73. The molecule has 0 aliphatic carbocycles. The van der Waals surface area contributed by atoms with E-state index < -0.39 is 0 Å². The van der Waals surface area contributed by atoms with Gasteiger partial charge in [-0.05, 0) is 69.1 Å². The quantitative estimate of drug-likeness (QED) is 0.312. The van der Waals surface area contributed by atoms with E-state index in [-0.39, 0.29) is 30.0 Å². The number of pyridine rings is 1. The van der Waals surface area contributed by atoms with Gasteiger partial charge >= 0.3 is 0 Å². The topological polar surface area (TPSA) is 61.8 Å². The van der Waals surface area contributed by atoms with Crippen molar-refractivity contribution in [3.05, 3.63) is 59.4 Å². The van der Waals surface area contributed by atoms with Gasteiger partial charge in [-0.15, -0.1) is 24.0 Å². The number of aromatic nitrogens is 1. The molecule has 1 unspecified atom stereocenters. The second-order valence-electron chi connectivity index (χ2n) is 7.38. The molecule has 7 heteroatoms. The number of ether oxygens (including phenoxy) is 1. The van der Waals surface area contributed by atoms with Gasteiger partial charge < -0.3 is 15.4 Å². The molecule has 2 N–H and O–H groups in total. The molecule has 30 heavy (non-hydrogen) atoms. The van der Waals surface area contributed by atoms with Crippen LogP contribution in [0.2, 0.25) is 0 Å². The lowest BCUT2D eigenvalue weighted by molar-refractivity contribution is 0.245. The van der Waals surface area contributed by atoms with Crippen LogP contribution in [-0.4, -0.2) is 49.1 Å². The molecule has 1 aromatic carbocycles. The van der Waals surface area contributed by atoms with Crippen molar-refractivity contribution >= 4 is 29.9 Å². The summed E-state index contributed by atoms with van der Waals surface area (Å²) in [6.07, 6.45) is 4.34. The van der Waals surface area contributed by atoms with Gasteiger partial charge in [0.1, 0.15) is 5.75 Å². The molecule has 0 bridgehead atoms. The molecule has 2 heterocycles. The number of rotatable bonds is 8. The number of aryl methyl sites for hydroxylation is 1. The van der Waals surface area contributed by atoms with Crippen molar-refractivity contribution in [1.29, 1.82) is 0 Å². The van der Waals surface area contributed by atoms with Gasteiger partial charge in [0.25, 0.3) is 0 Å². The van der Waals surface area contributed by atoms with Crippen molar-refractivity contribution in [3.63, 3.8) is 0 Å². The number of halogens is 1. The number of likely N-dealkylation sites (tertiary alicyclic amines) is 1. The van der Waals surface area contributed by atoms with E-state index in [1.807, 2.05) is 18.3 Å². The molecule has 1 atom stereocenters. The number of hydrogen-bond acceptors (Lipinski definition) is 4. The summed E-state index contributed by atoms with van der Waals surface area (Å²) in [7, 11) is 1.72. The number of benzene rings is 1. The van der Waals surface area contributed by atoms with Gasteiger partial charge in [-0.25, -0.2) is 4.99 Å². The van der Waals surface area contributed by atoms with E-state index >= 15 is 0 Å². The minimum absolute atomic E-state index is 0. The Morgan fingerprint density at radius 1 is 1.20 bits per heavy atom. The highest BCUT2D eigenvalue weighted by molar-refractivity contribution is 14.0. The van der Waals surface area contributed by atoms with E-state index in [0.29, 0.717) is 6.54 Å². The minimum atomic E-state index is 0. The lowest BCUT2D eigenvalue weighted by Gasteiger charge is -2.29. The maximum absolute atomic E-state index is 5.45. The van der Waals surface area contributed by atoms with Crippen LogP contribution in [0.3, 0.4) is 0 Å². The van der Waals surface area contributed by atoms with E-state index in [2.05, 4.69) is 58.6 Å². The summed E-state index contributed by atoms with van der Waals surface area (Å²) in [5.41, 5.74) is 3.45. The first kappa shape index (κ1) is 24.4. The summed E-state index contributed by atoms with van der Waals surface area (Å²) in [6.45, 7) is 8.60. The summed E-state index contributed by atoms with van der Waals surface area (Å²) in [6, 6.07) is 12.7. The molecule has 1 aliphatic rings. The maximum atomic E-state index is 5.45. The van der Waals surface area contributed by atoms with E-state index in [4.69, 9.17) is 9.73 Å². The van der Waals surface area contributed by atoms with Crippen molar-refractivity contribution in [1.82, 2.24) is 20.5 Å². The zero-order valence-corrected chi connectivity index (χ0v) is 20.6. The van der Waals surface area contributed by atoms with Crippen LogP contribution in [0, 0.1) is 6.92 Å². The number of aliphatic imine (C=N–C) groups is 1. The van der Waals surface area contributed by atoms with Crippen molar-refractivity contribution in [3.8, 4) is 5.75 Å². The summed E-state index contributed by atoms with van der Waals surface area (Å²) in [4.78, 5) is 11.8. The summed E-state index contributed by atoms with van der Waals surface area (Å²) in [5.74, 6) is 1.72. The van der Waals surface area contributed by atoms with Crippen molar-refractivity contribution in [2.75, 3.05) is 33.3 Å². The van der Waals surface area contributed by atoms with Gasteiger partial charge in [0.15, 0.2) is 5.96 Å². The van der Waals surface area contributed by atoms with Crippen LogP contribution in [0.4, 0.5) is 0 Å². The molecule has 1 aliphatic heterocycles. The summed E-state index contributed by atoms with van der Waals surface area (Å²) < 4.78 is 5.45. The average Bonchev–Trinajstić information content (AvgIpc) is 3.28. The highest BCUT2D eigenvalue weighted by Crippen LogP contribution is 2.27. The zero-order chi connectivity index (χ0) is 20.5. The number of nitrogens with one attached hydrogen (secondary N) is 2. The largest absolute Gasteiger partial charge is 0.497 e. The lowest BCUT2D eigenvalue weighted by atomic mass is 10.1. The monoisotopic (exact) mass is 523 g/mol. The van der Waals surface area contributed by atoms with Crippen molar-refractivity contribution < 1.29 is 4.74 Å². The van der Waals surface area contributed by atoms with Gasteiger partial charge in [-0.2, -0.15) is 0 Å². The molecule has 1 aromatic heterocycles. The molecular weight excluding hydrogens is 489 g/mol. The average molecular weight is 523 g/mol. The highest BCUT2D eigenvalue weighted by Gasteiger charge is 2.24. The predicted octanol–water partition coefficient (Wildman–Crippen LogP) is 3.91. The number of hydrogen-bond donors (Lipinski definition) is 2. The first-order chi connectivity index (χ1) is 14.2.